The summed E-state index contributed by atoms with van der Waals surface area (Å²) in [6.07, 6.45) is 5.06. The molecule has 0 bridgehead atoms. The molecule has 1 saturated heterocycles. The zero-order chi connectivity index (χ0) is 11.1. The molecule has 1 unspecified atom stereocenters. The molecule has 0 radical (unpaired) electrons. The summed E-state index contributed by atoms with van der Waals surface area (Å²) in [5.41, 5.74) is 0.476. The summed E-state index contributed by atoms with van der Waals surface area (Å²) in [6, 6.07) is 0. The van der Waals surface area contributed by atoms with Crippen molar-refractivity contribution in [2.75, 3.05) is 26.3 Å². The quantitative estimate of drug-likeness (QED) is 0.732. The van der Waals surface area contributed by atoms with E-state index >= 15 is 0 Å². The second kappa shape index (κ2) is 6.49. The van der Waals surface area contributed by atoms with Crippen LogP contribution in [-0.4, -0.2) is 26.3 Å². The average Bonchev–Trinajstić information content (AvgIpc) is 2.19. The Morgan fingerprint density at radius 1 is 1.33 bits per heavy atom. The molecule has 0 amide bonds. The molecule has 0 aromatic heterocycles. The van der Waals surface area contributed by atoms with Crippen LogP contribution < -0.4 is 5.32 Å². The standard InChI is InChI=1S/C13H27NO/c1-4-5-12(2)10-14-11-13(3)6-8-15-9-7-13/h12,14H,4-11H2,1-3H3. The third-order valence-electron chi connectivity index (χ3n) is 3.53. The molecule has 1 fully saturated rings. The van der Waals surface area contributed by atoms with Crippen LogP contribution in [0, 0.1) is 11.3 Å². The van der Waals surface area contributed by atoms with Crippen molar-refractivity contribution in [2.45, 2.75) is 46.5 Å². The zero-order valence-electron chi connectivity index (χ0n) is 10.6. The molecule has 1 N–H and O–H groups in total. The Balaban J connectivity index is 2.12. The lowest BCUT2D eigenvalue weighted by molar-refractivity contribution is 0.0238. The van der Waals surface area contributed by atoms with Gasteiger partial charge in [0.25, 0.3) is 0 Å². The van der Waals surface area contributed by atoms with Gasteiger partial charge in [-0.2, -0.15) is 0 Å². The van der Waals surface area contributed by atoms with Gasteiger partial charge in [-0.05, 0) is 37.1 Å². The lowest BCUT2D eigenvalue weighted by Gasteiger charge is -2.34. The number of hydrogen-bond donors (Lipinski definition) is 1. The summed E-state index contributed by atoms with van der Waals surface area (Å²) in [5.74, 6) is 0.818. The van der Waals surface area contributed by atoms with E-state index in [0.717, 1.165) is 25.7 Å². The molecule has 2 nitrogen and oxygen atoms in total. The van der Waals surface area contributed by atoms with E-state index in [1.54, 1.807) is 0 Å². The Morgan fingerprint density at radius 3 is 2.60 bits per heavy atom. The predicted molar refractivity (Wildman–Crippen MR) is 65.1 cm³/mol. The summed E-state index contributed by atoms with van der Waals surface area (Å²) in [5, 5.41) is 3.62. The smallest absolute Gasteiger partial charge is 0.0471 e. The van der Waals surface area contributed by atoms with E-state index in [2.05, 4.69) is 26.1 Å². The van der Waals surface area contributed by atoms with Crippen LogP contribution in [0.15, 0.2) is 0 Å². The monoisotopic (exact) mass is 213 g/mol. The Hall–Kier alpha value is -0.0800. The van der Waals surface area contributed by atoms with Gasteiger partial charge in [0.15, 0.2) is 0 Å². The Kier molecular flexibility index (Phi) is 5.62. The molecule has 1 aliphatic rings. The molecule has 2 heteroatoms. The number of hydrogen-bond acceptors (Lipinski definition) is 2. The van der Waals surface area contributed by atoms with Gasteiger partial charge in [0.1, 0.15) is 0 Å². The maximum Gasteiger partial charge on any atom is 0.0471 e. The van der Waals surface area contributed by atoms with Gasteiger partial charge >= 0.3 is 0 Å². The molecular weight excluding hydrogens is 186 g/mol. The van der Waals surface area contributed by atoms with E-state index < -0.39 is 0 Å². The van der Waals surface area contributed by atoms with Crippen molar-refractivity contribution in [1.29, 1.82) is 0 Å². The molecule has 0 aromatic rings. The Labute approximate surface area is 94.8 Å². The van der Waals surface area contributed by atoms with Gasteiger partial charge in [-0.3, -0.25) is 0 Å². The third kappa shape index (κ3) is 4.98. The lowest BCUT2D eigenvalue weighted by Crippen LogP contribution is -2.38. The number of ether oxygens (including phenoxy) is 1. The second-order valence-corrected chi connectivity index (χ2v) is 5.45. The fourth-order valence-corrected chi connectivity index (χ4v) is 2.26. The largest absolute Gasteiger partial charge is 0.381 e. The molecule has 1 atom stereocenters. The first kappa shape index (κ1) is 13.0. The second-order valence-electron chi connectivity index (χ2n) is 5.45. The highest BCUT2D eigenvalue weighted by atomic mass is 16.5. The summed E-state index contributed by atoms with van der Waals surface area (Å²) in [4.78, 5) is 0. The first-order chi connectivity index (χ1) is 7.16. The molecule has 1 heterocycles. The van der Waals surface area contributed by atoms with Crippen LogP contribution in [0.3, 0.4) is 0 Å². The van der Waals surface area contributed by atoms with Crippen molar-refractivity contribution in [2.24, 2.45) is 11.3 Å². The summed E-state index contributed by atoms with van der Waals surface area (Å²) in [7, 11) is 0. The van der Waals surface area contributed by atoms with Gasteiger partial charge in [0.2, 0.25) is 0 Å². The predicted octanol–water partition coefficient (Wildman–Crippen LogP) is 2.83. The minimum atomic E-state index is 0.476. The maximum atomic E-state index is 5.40. The van der Waals surface area contributed by atoms with Crippen LogP contribution in [0.5, 0.6) is 0 Å². The van der Waals surface area contributed by atoms with Crippen LogP contribution in [0.4, 0.5) is 0 Å². The highest BCUT2D eigenvalue weighted by Crippen LogP contribution is 2.28. The minimum Gasteiger partial charge on any atom is -0.381 e. The number of nitrogens with one attached hydrogen (secondary N) is 1. The fraction of sp³-hybridized carbons (Fsp3) is 1.00. The van der Waals surface area contributed by atoms with Crippen molar-refractivity contribution < 1.29 is 4.74 Å². The average molecular weight is 213 g/mol. The minimum absolute atomic E-state index is 0.476. The fourth-order valence-electron chi connectivity index (χ4n) is 2.26. The molecular formula is C13H27NO. The topological polar surface area (TPSA) is 21.3 Å². The van der Waals surface area contributed by atoms with Crippen LogP contribution in [-0.2, 0) is 4.74 Å². The van der Waals surface area contributed by atoms with E-state index in [0.29, 0.717) is 5.41 Å². The molecule has 90 valence electrons. The Morgan fingerprint density at radius 2 is 2.00 bits per heavy atom. The third-order valence-corrected chi connectivity index (χ3v) is 3.53. The molecule has 1 aliphatic heterocycles. The first-order valence-corrected chi connectivity index (χ1v) is 6.45. The highest BCUT2D eigenvalue weighted by Gasteiger charge is 2.26. The van der Waals surface area contributed by atoms with Crippen molar-refractivity contribution >= 4 is 0 Å². The molecule has 0 saturated carbocycles. The number of rotatable bonds is 6. The van der Waals surface area contributed by atoms with Crippen molar-refractivity contribution in [3.63, 3.8) is 0 Å². The van der Waals surface area contributed by atoms with Crippen LogP contribution in [0.2, 0.25) is 0 Å². The van der Waals surface area contributed by atoms with Crippen LogP contribution >= 0.6 is 0 Å². The summed E-state index contributed by atoms with van der Waals surface area (Å²) < 4.78 is 5.40. The summed E-state index contributed by atoms with van der Waals surface area (Å²) in [6.45, 7) is 11.2. The summed E-state index contributed by atoms with van der Waals surface area (Å²) >= 11 is 0. The molecule has 0 aromatic carbocycles. The van der Waals surface area contributed by atoms with Gasteiger partial charge < -0.3 is 10.1 Å². The van der Waals surface area contributed by atoms with Gasteiger partial charge in [0, 0.05) is 19.8 Å². The van der Waals surface area contributed by atoms with Gasteiger partial charge in [0.05, 0.1) is 0 Å². The van der Waals surface area contributed by atoms with Gasteiger partial charge in [-0.25, -0.2) is 0 Å². The SMILES string of the molecule is CCCC(C)CNCC1(C)CCOCC1. The van der Waals surface area contributed by atoms with Gasteiger partial charge in [-0.1, -0.05) is 27.2 Å². The van der Waals surface area contributed by atoms with E-state index in [1.807, 2.05) is 0 Å². The van der Waals surface area contributed by atoms with E-state index in [9.17, 15) is 0 Å². The van der Waals surface area contributed by atoms with Crippen molar-refractivity contribution in [1.82, 2.24) is 5.32 Å². The van der Waals surface area contributed by atoms with Gasteiger partial charge in [-0.15, -0.1) is 0 Å². The van der Waals surface area contributed by atoms with E-state index in [-0.39, 0.29) is 0 Å². The molecule has 0 aliphatic carbocycles. The Bertz CT molecular complexity index is 164. The molecule has 15 heavy (non-hydrogen) atoms. The van der Waals surface area contributed by atoms with E-state index in [4.69, 9.17) is 4.74 Å². The van der Waals surface area contributed by atoms with Crippen LogP contribution in [0.1, 0.15) is 46.5 Å². The first-order valence-electron chi connectivity index (χ1n) is 6.45. The highest BCUT2D eigenvalue weighted by molar-refractivity contribution is 4.79. The zero-order valence-corrected chi connectivity index (χ0v) is 10.6. The maximum absolute atomic E-state index is 5.40. The van der Waals surface area contributed by atoms with Crippen molar-refractivity contribution in [3.05, 3.63) is 0 Å². The molecule has 1 rings (SSSR count). The normalized spacial score (nSPS) is 22.6. The lowest BCUT2D eigenvalue weighted by atomic mass is 9.82. The van der Waals surface area contributed by atoms with Crippen molar-refractivity contribution in [3.8, 4) is 0 Å². The van der Waals surface area contributed by atoms with Crippen LogP contribution in [0.25, 0.3) is 0 Å². The van der Waals surface area contributed by atoms with E-state index in [1.165, 1.54) is 32.2 Å². The molecule has 0 spiro atoms.